The van der Waals surface area contributed by atoms with Crippen molar-refractivity contribution in [3.8, 4) is 11.5 Å². The third kappa shape index (κ3) is 5.16. The molecular formula is C26H20Cl2N2O5. The molecule has 0 saturated carbocycles. The molecule has 0 aromatic heterocycles. The van der Waals surface area contributed by atoms with Crippen LogP contribution >= 0.6 is 23.2 Å². The van der Waals surface area contributed by atoms with Crippen LogP contribution < -0.4 is 19.7 Å². The van der Waals surface area contributed by atoms with Gasteiger partial charge in [-0.2, -0.15) is 0 Å². The molecule has 1 aliphatic heterocycles. The normalized spacial score (nSPS) is 14.8. The smallest absolute Gasteiger partial charge is 0.335 e. The number of imide groups is 2. The number of amides is 4. The van der Waals surface area contributed by atoms with E-state index in [0.717, 1.165) is 10.5 Å². The van der Waals surface area contributed by atoms with Gasteiger partial charge in [0.25, 0.3) is 11.8 Å². The summed E-state index contributed by atoms with van der Waals surface area (Å²) < 4.78 is 11.3. The Hall–Kier alpha value is -3.81. The lowest BCUT2D eigenvalue weighted by Crippen LogP contribution is -2.54. The van der Waals surface area contributed by atoms with Crippen LogP contribution in [0.5, 0.6) is 11.5 Å². The van der Waals surface area contributed by atoms with Crippen LogP contribution in [-0.2, 0) is 16.2 Å². The van der Waals surface area contributed by atoms with Gasteiger partial charge in [0.15, 0.2) is 11.5 Å². The summed E-state index contributed by atoms with van der Waals surface area (Å²) in [6.45, 7) is 1.96. The third-order valence-electron chi connectivity index (χ3n) is 5.35. The molecule has 1 N–H and O–H groups in total. The number of rotatable bonds is 6. The van der Waals surface area contributed by atoms with E-state index >= 15 is 0 Å². The number of methoxy groups -OCH3 is 1. The van der Waals surface area contributed by atoms with Crippen molar-refractivity contribution in [2.45, 2.75) is 13.5 Å². The minimum Gasteiger partial charge on any atom is -0.493 e. The zero-order valence-electron chi connectivity index (χ0n) is 18.8. The van der Waals surface area contributed by atoms with E-state index in [1.165, 1.54) is 19.3 Å². The minimum absolute atomic E-state index is 0.212. The first-order chi connectivity index (χ1) is 16.8. The van der Waals surface area contributed by atoms with Crippen molar-refractivity contribution in [2.75, 3.05) is 12.0 Å². The van der Waals surface area contributed by atoms with Gasteiger partial charge in [-0.1, -0.05) is 53.5 Å². The highest BCUT2D eigenvalue weighted by molar-refractivity contribution is 6.39. The molecule has 0 atom stereocenters. The maximum absolute atomic E-state index is 13.2. The molecule has 7 nitrogen and oxygen atoms in total. The number of carbonyl (C=O) groups is 3. The first-order valence-corrected chi connectivity index (χ1v) is 11.3. The molecule has 9 heteroatoms. The van der Waals surface area contributed by atoms with Crippen LogP contribution in [0.25, 0.3) is 6.08 Å². The fraction of sp³-hybridized carbons (Fsp3) is 0.115. The van der Waals surface area contributed by atoms with Crippen LogP contribution in [0, 0.1) is 6.92 Å². The second-order valence-corrected chi connectivity index (χ2v) is 8.52. The fourth-order valence-electron chi connectivity index (χ4n) is 3.53. The Morgan fingerprint density at radius 3 is 2.49 bits per heavy atom. The number of urea groups is 1. The van der Waals surface area contributed by atoms with Crippen LogP contribution in [0.15, 0.2) is 66.2 Å². The zero-order chi connectivity index (χ0) is 25.1. The van der Waals surface area contributed by atoms with Crippen LogP contribution in [0.2, 0.25) is 10.0 Å². The first-order valence-electron chi connectivity index (χ1n) is 10.5. The number of hydrogen-bond donors (Lipinski definition) is 1. The molecule has 0 spiro atoms. The molecule has 35 heavy (non-hydrogen) atoms. The lowest BCUT2D eigenvalue weighted by molar-refractivity contribution is -0.122. The standard InChI is InChI=1S/C26H20Cl2N2O5/c1-15-7-9-18(27)13-21(15)30-25(32)19(24(31)29-26(30)33)11-16-8-10-22(23(12-16)34-2)35-14-17-5-3-4-6-20(17)28/h3-13H,14H2,1-2H3,(H,29,31,33)/b19-11+. The van der Waals surface area contributed by atoms with Gasteiger partial charge in [0.2, 0.25) is 0 Å². The molecule has 0 radical (unpaired) electrons. The van der Waals surface area contributed by atoms with Crippen molar-refractivity contribution < 1.29 is 23.9 Å². The number of hydrogen-bond acceptors (Lipinski definition) is 5. The third-order valence-corrected chi connectivity index (χ3v) is 5.96. The molecule has 178 valence electrons. The molecule has 4 amide bonds. The summed E-state index contributed by atoms with van der Waals surface area (Å²) in [7, 11) is 1.48. The van der Waals surface area contributed by atoms with E-state index in [4.69, 9.17) is 32.7 Å². The van der Waals surface area contributed by atoms with Crippen molar-refractivity contribution in [2.24, 2.45) is 0 Å². The molecule has 4 rings (SSSR count). The van der Waals surface area contributed by atoms with E-state index < -0.39 is 17.8 Å². The average Bonchev–Trinajstić information content (AvgIpc) is 2.83. The average molecular weight is 511 g/mol. The quantitative estimate of drug-likeness (QED) is 0.346. The van der Waals surface area contributed by atoms with Crippen LogP contribution in [0.3, 0.4) is 0 Å². The second kappa shape index (κ2) is 10.2. The van der Waals surface area contributed by atoms with E-state index in [2.05, 4.69) is 5.32 Å². The van der Waals surface area contributed by atoms with Gasteiger partial charge in [0.05, 0.1) is 12.8 Å². The highest BCUT2D eigenvalue weighted by Gasteiger charge is 2.37. The summed E-state index contributed by atoms with van der Waals surface area (Å²) in [5.41, 5.74) is 2.04. The summed E-state index contributed by atoms with van der Waals surface area (Å²) >= 11 is 12.2. The highest BCUT2D eigenvalue weighted by Crippen LogP contribution is 2.32. The monoisotopic (exact) mass is 510 g/mol. The van der Waals surface area contributed by atoms with Gasteiger partial charge < -0.3 is 9.47 Å². The van der Waals surface area contributed by atoms with Crippen LogP contribution in [0.4, 0.5) is 10.5 Å². The Kier molecular flexibility index (Phi) is 7.10. The number of aryl methyl sites for hydroxylation is 1. The second-order valence-electron chi connectivity index (χ2n) is 7.68. The Morgan fingerprint density at radius 2 is 1.74 bits per heavy atom. The Morgan fingerprint density at radius 1 is 0.971 bits per heavy atom. The maximum atomic E-state index is 13.2. The molecule has 0 unspecified atom stereocenters. The molecule has 1 fully saturated rings. The van der Waals surface area contributed by atoms with Crippen molar-refractivity contribution in [3.05, 3.63) is 93.0 Å². The number of carbonyl (C=O) groups excluding carboxylic acids is 3. The number of benzene rings is 3. The summed E-state index contributed by atoms with van der Waals surface area (Å²) in [6, 6.07) is 16.3. The number of halogens is 2. The summed E-state index contributed by atoms with van der Waals surface area (Å²) in [5, 5.41) is 3.15. The molecule has 1 saturated heterocycles. The van der Waals surface area contributed by atoms with Gasteiger partial charge in [-0.25, -0.2) is 9.69 Å². The van der Waals surface area contributed by atoms with Gasteiger partial charge in [-0.3, -0.25) is 14.9 Å². The molecule has 1 aliphatic rings. The van der Waals surface area contributed by atoms with Gasteiger partial charge >= 0.3 is 6.03 Å². The Labute approximate surface area is 211 Å². The Balaban J connectivity index is 1.62. The number of nitrogens with zero attached hydrogens (tertiary/aromatic N) is 1. The largest absolute Gasteiger partial charge is 0.493 e. The lowest BCUT2D eigenvalue weighted by Gasteiger charge is -2.27. The number of anilines is 1. The van der Waals surface area contributed by atoms with E-state index in [0.29, 0.717) is 38.4 Å². The molecule has 0 aliphatic carbocycles. The molecule has 3 aromatic carbocycles. The topological polar surface area (TPSA) is 84.9 Å². The predicted octanol–water partition coefficient (Wildman–Crippen LogP) is 5.56. The van der Waals surface area contributed by atoms with E-state index in [9.17, 15) is 14.4 Å². The summed E-state index contributed by atoms with van der Waals surface area (Å²) in [4.78, 5) is 39.1. The molecule has 0 bridgehead atoms. The predicted molar refractivity (Wildman–Crippen MR) is 134 cm³/mol. The van der Waals surface area contributed by atoms with E-state index in [1.54, 1.807) is 43.3 Å². The van der Waals surface area contributed by atoms with Gasteiger partial charge in [-0.15, -0.1) is 0 Å². The SMILES string of the molecule is COc1cc(/C=C2\C(=O)NC(=O)N(c3cc(Cl)ccc3C)C2=O)ccc1OCc1ccccc1Cl. The van der Waals surface area contributed by atoms with Gasteiger partial charge in [0.1, 0.15) is 12.2 Å². The molecule has 1 heterocycles. The minimum atomic E-state index is -0.844. The number of barbiturate groups is 1. The van der Waals surface area contributed by atoms with Crippen molar-refractivity contribution in [1.82, 2.24) is 5.32 Å². The van der Waals surface area contributed by atoms with Crippen molar-refractivity contribution in [1.29, 1.82) is 0 Å². The lowest BCUT2D eigenvalue weighted by atomic mass is 10.1. The maximum Gasteiger partial charge on any atom is 0.335 e. The highest BCUT2D eigenvalue weighted by atomic mass is 35.5. The Bertz CT molecular complexity index is 1370. The van der Waals surface area contributed by atoms with Gasteiger partial charge in [0, 0.05) is 15.6 Å². The molecular weight excluding hydrogens is 491 g/mol. The van der Waals surface area contributed by atoms with Crippen LogP contribution in [-0.4, -0.2) is 25.0 Å². The van der Waals surface area contributed by atoms with Crippen molar-refractivity contribution in [3.63, 3.8) is 0 Å². The first kappa shape index (κ1) is 24.3. The zero-order valence-corrected chi connectivity index (χ0v) is 20.3. The summed E-state index contributed by atoms with van der Waals surface area (Å²) in [6.07, 6.45) is 1.39. The van der Waals surface area contributed by atoms with Gasteiger partial charge in [-0.05, 0) is 54.5 Å². The summed E-state index contributed by atoms with van der Waals surface area (Å²) in [5.74, 6) is -0.704. The van der Waals surface area contributed by atoms with Crippen molar-refractivity contribution >= 4 is 52.8 Å². The van der Waals surface area contributed by atoms with E-state index in [1.807, 2.05) is 18.2 Å². The van der Waals surface area contributed by atoms with Crippen LogP contribution in [0.1, 0.15) is 16.7 Å². The number of ether oxygens (including phenoxy) is 2. The fourth-order valence-corrected chi connectivity index (χ4v) is 3.89. The number of nitrogens with one attached hydrogen (secondary N) is 1. The van der Waals surface area contributed by atoms with E-state index in [-0.39, 0.29) is 12.2 Å². The molecule has 3 aromatic rings.